The van der Waals surface area contributed by atoms with Crippen LogP contribution in [0.15, 0.2) is 54.6 Å². The largest absolute Gasteiger partial charge is 0.340 e. The summed E-state index contributed by atoms with van der Waals surface area (Å²) in [5.41, 5.74) is 0.944. The van der Waals surface area contributed by atoms with Crippen molar-refractivity contribution in [2.24, 2.45) is 0 Å². The van der Waals surface area contributed by atoms with Crippen molar-refractivity contribution in [1.82, 2.24) is 9.97 Å². The Balaban J connectivity index is 1.83. The highest BCUT2D eigenvalue weighted by molar-refractivity contribution is 6.30. The van der Waals surface area contributed by atoms with Gasteiger partial charge in [0.15, 0.2) is 0 Å². The summed E-state index contributed by atoms with van der Waals surface area (Å²) >= 11 is 5.96. The number of amides is 1. The molecule has 0 radical (unpaired) electrons. The highest BCUT2D eigenvalue weighted by Crippen LogP contribution is 2.20. The van der Waals surface area contributed by atoms with Gasteiger partial charge in [-0.05, 0) is 37.3 Å². The summed E-state index contributed by atoms with van der Waals surface area (Å²) in [6, 6.07) is 14.5. The molecule has 7 heteroatoms. The third kappa shape index (κ3) is 4.30. The van der Waals surface area contributed by atoms with Crippen molar-refractivity contribution in [1.29, 1.82) is 0 Å². The number of nitrogens with one attached hydrogen (secondary N) is 2. The zero-order valence-electron chi connectivity index (χ0n) is 13.3. The van der Waals surface area contributed by atoms with Crippen molar-refractivity contribution in [2.75, 3.05) is 10.6 Å². The predicted octanol–water partition coefficient (Wildman–Crippen LogP) is 4.57. The molecule has 0 saturated carbocycles. The molecule has 1 amide bonds. The second-order valence-corrected chi connectivity index (χ2v) is 5.69. The summed E-state index contributed by atoms with van der Waals surface area (Å²) in [6.07, 6.45) is 0. The van der Waals surface area contributed by atoms with Crippen LogP contribution in [0.4, 0.5) is 21.6 Å². The van der Waals surface area contributed by atoms with Gasteiger partial charge in [-0.15, -0.1) is 0 Å². The number of aryl methyl sites for hydroxylation is 1. The van der Waals surface area contributed by atoms with Gasteiger partial charge >= 0.3 is 0 Å². The van der Waals surface area contributed by atoms with E-state index in [1.165, 1.54) is 18.2 Å². The minimum Gasteiger partial charge on any atom is -0.340 e. The molecule has 3 aromatic rings. The Hall–Kier alpha value is -2.99. The first-order chi connectivity index (χ1) is 12.0. The molecule has 126 valence electrons. The number of nitrogens with zero attached hydrogens (tertiary/aromatic N) is 2. The van der Waals surface area contributed by atoms with Crippen molar-refractivity contribution in [2.45, 2.75) is 6.92 Å². The van der Waals surface area contributed by atoms with Gasteiger partial charge < -0.3 is 10.6 Å². The summed E-state index contributed by atoms with van der Waals surface area (Å²) in [5, 5.41) is 6.14. The lowest BCUT2D eigenvalue weighted by atomic mass is 10.2. The van der Waals surface area contributed by atoms with Crippen LogP contribution < -0.4 is 10.6 Å². The van der Waals surface area contributed by atoms with Crippen molar-refractivity contribution in [3.8, 4) is 0 Å². The van der Waals surface area contributed by atoms with Gasteiger partial charge in [-0.1, -0.05) is 29.8 Å². The van der Waals surface area contributed by atoms with Crippen LogP contribution in [0.25, 0.3) is 0 Å². The monoisotopic (exact) mass is 356 g/mol. The Morgan fingerprint density at radius 2 is 1.88 bits per heavy atom. The predicted molar refractivity (Wildman–Crippen MR) is 95.9 cm³/mol. The fraction of sp³-hybridized carbons (Fsp3) is 0.0556. The lowest BCUT2D eigenvalue weighted by Gasteiger charge is -2.10. The molecule has 0 bridgehead atoms. The fourth-order valence-electron chi connectivity index (χ4n) is 2.21. The molecule has 2 aromatic carbocycles. The number of rotatable bonds is 4. The molecule has 0 unspecified atom stereocenters. The van der Waals surface area contributed by atoms with Crippen LogP contribution in [-0.2, 0) is 0 Å². The van der Waals surface area contributed by atoms with Gasteiger partial charge in [0.05, 0.1) is 5.69 Å². The van der Waals surface area contributed by atoms with Crippen molar-refractivity contribution >= 4 is 34.7 Å². The highest BCUT2D eigenvalue weighted by Gasteiger charge is 2.13. The van der Waals surface area contributed by atoms with Crippen LogP contribution in [-0.4, -0.2) is 15.9 Å². The first-order valence-corrected chi connectivity index (χ1v) is 7.83. The van der Waals surface area contributed by atoms with Crippen LogP contribution in [0.5, 0.6) is 0 Å². The number of hydrogen-bond acceptors (Lipinski definition) is 4. The van der Waals surface area contributed by atoms with Crippen molar-refractivity contribution in [3.05, 3.63) is 77.0 Å². The molecule has 2 N–H and O–H groups in total. The van der Waals surface area contributed by atoms with Gasteiger partial charge in [0.1, 0.15) is 23.2 Å². The minimum absolute atomic E-state index is 0.0908. The Morgan fingerprint density at radius 1 is 1.08 bits per heavy atom. The molecule has 0 atom stereocenters. The summed E-state index contributed by atoms with van der Waals surface area (Å²) in [6.45, 7) is 1.67. The third-order valence-corrected chi connectivity index (χ3v) is 3.52. The molecule has 0 aliphatic heterocycles. The number of carbonyl (C=O) groups excluding carboxylic acids is 1. The van der Waals surface area contributed by atoms with E-state index in [2.05, 4.69) is 20.6 Å². The van der Waals surface area contributed by atoms with Gasteiger partial charge in [-0.3, -0.25) is 4.79 Å². The van der Waals surface area contributed by atoms with E-state index in [-0.39, 0.29) is 11.4 Å². The molecule has 0 spiro atoms. The van der Waals surface area contributed by atoms with E-state index >= 15 is 0 Å². The maximum Gasteiger partial charge on any atom is 0.274 e. The molecule has 25 heavy (non-hydrogen) atoms. The van der Waals surface area contributed by atoms with Crippen LogP contribution in [0.2, 0.25) is 5.02 Å². The number of hydrogen-bond donors (Lipinski definition) is 2. The lowest BCUT2D eigenvalue weighted by molar-refractivity contribution is 0.102. The Bertz CT molecular complexity index is 932. The standard InChI is InChI=1S/C18H14ClFN4O/c1-11-21-16(18(25)24-15-8-3-2-7-14(15)20)10-17(22-11)23-13-6-4-5-12(19)9-13/h2-10H,1H3,(H,24,25)(H,21,22,23). The summed E-state index contributed by atoms with van der Waals surface area (Å²) in [5.74, 6) is -0.192. The van der Waals surface area contributed by atoms with Gasteiger partial charge in [0.25, 0.3) is 5.91 Å². The van der Waals surface area contributed by atoms with Gasteiger partial charge in [0, 0.05) is 16.8 Å². The van der Waals surface area contributed by atoms with E-state index in [1.54, 1.807) is 37.3 Å². The third-order valence-electron chi connectivity index (χ3n) is 3.29. The van der Waals surface area contributed by atoms with E-state index in [0.717, 1.165) is 5.69 Å². The Morgan fingerprint density at radius 3 is 2.64 bits per heavy atom. The van der Waals surface area contributed by atoms with Crippen molar-refractivity contribution < 1.29 is 9.18 Å². The van der Waals surface area contributed by atoms with Gasteiger partial charge in [0.2, 0.25) is 0 Å². The van der Waals surface area contributed by atoms with Gasteiger partial charge in [-0.25, -0.2) is 14.4 Å². The molecule has 0 aliphatic rings. The molecule has 0 saturated heterocycles. The SMILES string of the molecule is Cc1nc(Nc2cccc(Cl)c2)cc(C(=O)Nc2ccccc2F)n1. The second-order valence-electron chi connectivity index (χ2n) is 5.25. The second kappa shape index (κ2) is 7.27. The number of aromatic nitrogens is 2. The van der Waals surface area contributed by atoms with Crippen LogP contribution in [0, 0.1) is 12.7 Å². The first-order valence-electron chi connectivity index (χ1n) is 7.45. The van der Waals surface area contributed by atoms with Crippen LogP contribution >= 0.6 is 11.6 Å². The maximum absolute atomic E-state index is 13.7. The Labute approximate surface area is 148 Å². The van der Waals surface area contributed by atoms with Gasteiger partial charge in [-0.2, -0.15) is 0 Å². The van der Waals surface area contributed by atoms with E-state index in [4.69, 9.17) is 11.6 Å². The maximum atomic E-state index is 13.7. The molecule has 5 nitrogen and oxygen atoms in total. The van der Waals surface area contributed by atoms with Crippen LogP contribution in [0.3, 0.4) is 0 Å². The number of anilines is 3. The van der Waals surface area contributed by atoms with E-state index < -0.39 is 11.7 Å². The number of carbonyl (C=O) groups is 1. The molecule has 0 aliphatic carbocycles. The first kappa shape index (κ1) is 16.9. The molecular formula is C18H14ClFN4O. The van der Waals surface area contributed by atoms with E-state index in [9.17, 15) is 9.18 Å². The summed E-state index contributed by atoms with van der Waals surface area (Å²) in [7, 11) is 0. The summed E-state index contributed by atoms with van der Waals surface area (Å²) in [4.78, 5) is 20.7. The number of para-hydroxylation sites is 1. The Kier molecular flexibility index (Phi) is 4.90. The molecule has 3 rings (SSSR count). The smallest absolute Gasteiger partial charge is 0.274 e. The zero-order valence-corrected chi connectivity index (χ0v) is 14.0. The van der Waals surface area contributed by atoms with E-state index in [1.807, 2.05) is 6.07 Å². The number of halogens is 2. The quantitative estimate of drug-likeness (QED) is 0.718. The fourth-order valence-corrected chi connectivity index (χ4v) is 2.40. The molecule has 0 fully saturated rings. The normalized spacial score (nSPS) is 10.4. The zero-order chi connectivity index (χ0) is 17.8. The molecule has 1 heterocycles. The van der Waals surface area contributed by atoms with Crippen molar-refractivity contribution in [3.63, 3.8) is 0 Å². The minimum atomic E-state index is -0.523. The molecule has 1 aromatic heterocycles. The average molecular weight is 357 g/mol. The summed E-state index contributed by atoms with van der Waals surface area (Å²) < 4.78 is 13.7. The van der Waals surface area contributed by atoms with Crippen LogP contribution in [0.1, 0.15) is 16.3 Å². The van der Waals surface area contributed by atoms with E-state index in [0.29, 0.717) is 16.7 Å². The molecular weight excluding hydrogens is 343 g/mol. The highest BCUT2D eigenvalue weighted by atomic mass is 35.5. The average Bonchev–Trinajstić information content (AvgIpc) is 2.56. The topological polar surface area (TPSA) is 66.9 Å². The number of benzene rings is 2. The lowest BCUT2D eigenvalue weighted by Crippen LogP contribution is -2.16.